The third-order valence-corrected chi connectivity index (χ3v) is 2.62. The van der Waals surface area contributed by atoms with Crippen LogP contribution in [0.15, 0.2) is 22.6 Å². The molecule has 0 saturated carbocycles. The molecule has 0 radical (unpaired) electrons. The van der Waals surface area contributed by atoms with E-state index in [1.54, 1.807) is 0 Å². The van der Waals surface area contributed by atoms with E-state index in [1.165, 1.54) is 0 Å². The van der Waals surface area contributed by atoms with Gasteiger partial charge in [-0.3, -0.25) is 4.79 Å². The van der Waals surface area contributed by atoms with E-state index in [1.807, 2.05) is 32.0 Å². The number of oxazole rings is 1. The Labute approximate surface area is 100 Å². The van der Waals surface area contributed by atoms with E-state index in [4.69, 9.17) is 4.42 Å². The van der Waals surface area contributed by atoms with Crippen molar-refractivity contribution in [3.63, 3.8) is 0 Å². The smallest absolute Gasteiger partial charge is 0.219 e. The molecule has 17 heavy (non-hydrogen) atoms. The number of amides is 1. The van der Waals surface area contributed by atoms with Gasteiger partial charge in [0, 0.05) is 19.9 Å². The Bertz CT molecular complexity index is 531. The third kappa shape index (κ3) is 2.84. The van der Waals surface area contributed by atoms with E-state index in [0.717, 1.165) is 23.1 Å². The fourth-order valence-corrected chi connectivity index (χ4v) is 1.71. The van der Waals surface area contributed by atoms with Crippen LogP contribution >= 0.6 is 0 Å². The van der Waals surface area contributed by atoms with Crippen LogP contribution in [0.4, 0.5) is 0 Å². The van der Waals surface area contributed by atoms with Crippen LogP contribution < -0.4 is 5.32 Å². The molecule has 90 valence electrons. The Hall–Kier alpha value is -1.84. The number of aromatic nitrogens is 1. The third-order valence-electron chi connectivity index (χ3n) is 2.62. The molecule has 0 atom stereocenters. The molecular weight excluding hydrogens is 216 g/mol. The van der Waals surface area contributed by atoms with Gasteiger partial charge in [-0.15, -0.1) is 0 Å². The highest BCUT2D eigenvalue weighted by molar-refractivity contribution is 5.75. The van der Waals surface area contributed by atoms with Crippen molar-refractivity contribution in [2.45, 2.75) is 26.7 Å². The van der Waals surface area contributed by atoms with E-state index < -0.39 is 0 Å². The highest BCUT2D eigenvalue weighted by atomic mass is 16.3. The molecule has 0 unspecified atom stereocenters. The number of hydrogen-bond acceptors (Lipinski definition) is 3. The Kier molecular flexibility index (Phi) is 3.42. The van der Waals surface area contributed by atoms with Crippen LogP contribution in [0.1, 0.15) is 24.8 Å². The van der Waals surface area contributed by atoms with Crippen molar-refractivity contribution in [3.05, 3.63) is 29.7 Å². The van der Waals surface area contributed by atoms with Crippen molar-refractivity contribution in [1.82, 2.24) is 10.3 Å². The number of nitrogens with one attached hydrogen (secondary N) is 1. The van der Waals surface area contributed by atoms with Gasteiger partial charge in [0.25, 0.3) is 0 Å². The Balaban J connectivity index is 2.01. The number of nitrogens with zero attached hydrogens (tertiary/aromatic N) is 1. The minimum atomic E-state index is 0.0864. The first-order valence-corrected chi connectivity index (χ1v) is 5.82. The first kappa shape index (κ1) is 11.6. The zero-order chi connectivity index (χ0) is 12.3. The Morgan fingerprint density at radius 3 is 3.06 bits per heavy atom. The Morgan fingerprint density at radius 1 is 1.47 bits per heavy atom. The summed E-state index contributed by atoms with van der Waals surface area (Å²) in [5, 5.41) is 2.85. The van der Waals surface area contributed by atoms with Crippen LogP contribution in [0.5, 0.6) is 0 Å². The minimum Gasteiger partial charge on any atom is -0.441 e. The summed E-state index contributed by atoms with van der Waals surface area (Å²) in [5.74, 6) is 0.764. The van der Waals surface area contributed by atoms with Gasteiger partial charge in [-0.1, -0.05) is 13.0 Å². The predicted molar refractivity (Wildman–Crippen MR) is 65.8 cm³/mol. The van der Waals surface area contributed by atoms with E-state index in [9.17, 15) is 4.79 Å². The molecule has 0 bridgehead atoms. The summed E-state index contributed by atoms with van der Waals surface area (Å²) in [6.07, 6.45) is 1.34. The van der Waals surface area contributed by atoms with Crippen molar-refractivity contribution < 1.29 is 9.21 Å². The molecule has 2 rings (SSSR count). The molecule has 0 saturated heterocycles. The van der Waals surface area contributed by atoms with Gasteiger partial charge in [0.15, 0.2) is 11.5 Å². The first-order chi connectivity index (χ1) is 8.19. The molecule has 0 aliphatic rings. The van der Waals surface area contributed by atoms with Gasteiger partial charge in [0.05, 0.1) is 0 Å². The van der Waals surface area contributed by atoms with Gasteiger partial charge in [0.1, 0.15) is 5.52 Å². The largest absolute Gasteiger partial charge is 0.441 e. The minimum absolute atomic E-state index is 0.0864. The lowest BCUT2D eigenvalue weighted by atomic mass is 10.1. The van der Waals surface area contributed by atoms with Gasteiger partial charge >= 0.3 is 0 Å². The van der Waals surface area contributed by atoms with Crippen LogP contribution in [0.25, 0.3) is 11.1 Å². The summed E-state index contributed by atoms with van der Waals surface area (Å²) in [4.78, 5) is 15.4. The van der Waals surface area contributed by atoms with Crippen molar-refractivity contribution in [3.8, 4) is 0 Å². The lowest BCUT2D eigenvalue weighted by Crippen LogP contribution is -2.24. The number of hydrogen-bond donors (Lipinski definition) is 1. The maximum atomic E-state index is 11.1. The van der Waals surface area contributed by atoms with Crippen molar-refractivity contribution >= 4 is 17.0 Å². The van der Waals surface area contributed by atoms with Gasteiger partial charge in [0.2, 0.25) is 5.91 Å². The van der Waals surface area contributed by atoms with Crippen LogP contribution in [0.3, 0.4) is 0 Å². The van der Waals surface area contributed by atoms with Gasteiger partial charge in [-0.25, -0.2) is 4.98 Å². The number of carbonyl (C=O) groups excluding carboxylic acids is 1. The SMILES string of the molecule is CCC(=O)NCCc1ccc2oc(C)nc2c1. The van der Waals surface area contributed by atoms with Crippen LogP contribution in [0.2, 0.25) is 0 Å². The molecule has 0 spiro atoms. The van der Waals surface area contributed by atoms with Gasteiger partial charge in [-0.2, -0.15) is 0 Å². The summed E-state index contributed by atoms with van der Waals surface area (Å²) in [6, 6.07) is 5.93. The zero-order valence-corrected chi connectivity index (χ0v) is 10.1. The highest BCUT2D eigenvalue weighted by Crippen LogP contribution is 2.16. The molecule has 0 aliphatic carbocycles. The molecule has 4 nitrogen and oxygen atoms in total. The quantitative estimate of drug-likeness (QED) is 0.879. The summed E-state index contributed by atoms with van der Waals surface area (Å²) in [6.45, 7) is 4.34. The summed E-state index contributed by atoms with van der Waals surface area (Å²) in [5.41, 5.74) is 2.84. The molecule has 0 fully saturated rings. The standard InChI is InChI=1S/C13H16N2O2/c1-3-13(16)14-7-6-10-4-5-12-11(8-10)15-9(2)17-12/h4-5,8H,3,6-7H2,1-2H3,(H,14,16). The number of carbonyl (C=O) groups is 1. The maximum absolute atomic E-state index is 11.1. The van der Waals surface area contributed by atoms with Crippen molar-refractivity contribution in [2.75, 3.05) is 6.54 Å². The van der Waals surface area contributed by atoms with Crippen LogP contribution in [-0.2, 0) is 11.2 Å². The molecule has 0 aliphatic heterocycles. The molecule has 2 aromatic rings. The second-order valence-corrected chi connectivity index (χ2v) is 3.99. The van der Waals surface area contributed by atoms with E-state index in [2.05, 4.69) is 10.3 Å². The average Bonchev–Trinajstić information content (AvgIpc) is 2.68. The lowest BCUT2D eigenvalue weighted by molar-refractivity contribution is -0.120. The van der Waals surface area contributed by atoms with Crippen LogP contribution in [0, 0.1) is 6.92 Å². The van der Waals surface area contributed by atoms with Crippen molar-refractivity contribution in [1.29, 1.82) is 0 Å². The topological polar surface area (TPSA) is 55.1 Å². The molecule has 1 aromatic carbocycles. The van der Waals surface area contributed by atoms with Gasteiger partial charge < -0.3 is 9.73 Å². The Morgan fingerprint density at radius 2 is 2.29 bits per heavy atom. The molecule has 1 aromatic heterocycles. The van der Waals surface area contributed by atoms with Crippen LogP contribution in [-0.4, -0.2) is 17.4 Å². The number of fused-ring (bicyclic) bond motifs is 1. The number of rotatable bonds is 4. The van der Waals surface area contributed by atoms with E-state index in [-0.39, 0.29) is 5.91 Å². The lowest BCUT2D eigenvalue weighted by Gasteiger charge is -2.03. The fraction of sp³-hybridized carbons (Fsp3) is 0.385. The van der Waals surface area contributed by atoms with E-state index in [0.29, 0.717) is 18.9 Å². The predicted octanol–water partition coefficient (Wildman–Crippen LogP) is 2.20. The fourth-order valence-electron chi connectivity index (χ4n) is 1.71. The zero-order valence-electron chi connectivity index (χ0n) is 10.1. The number of aryl methyl sites for hydroxylation is 1. The summed E-state index contributed by atoms with van der Waals surface area (Å²) >= 11 is 0. The molecule has 1 N–H and O–H groups in total. The molecular formula is C13H16N2O2. The maximum Gasteiger partial charge on any atom is 0.219 e. The summed E-state index contributed by atoms with van der Waals surface area (Å²) < 4.78 is 5.40. The average molecular weight is 232 g/mol. The molecule has 1 amide bonds. The second kappa shape index (κ2) is 4.99. The highest BCUT2D eigenvalue weighted by Gasteiger charge is 2.03. The van der Waals surface area contributed by atoms with Gasteiger partial charge in [-0.05, 0) is 24.1 Å². The molecule has 4 heteroatoms. The van der Waals surface area contributed by atoms with E-state index >= 15 is 0 Å². The second-order valence-electron chi connectivity index (χ2n) is 3.99. The number of benzene rings is 1. The summed E-state index contributed by atoms with van der Waals surface area (Å²) in [7, 11) is 0. The first-order valence-electron chi connectivity index (χ1n) is 5.82. The normalized spacial score (nSPS) is 10.7. The van der Waals surface area contributed by atoms with Crippen molar-refractivity contribution in [2.24, 2.45) is 0 Å². The molecule has 1 heterocycles. The monoisotopic (exact) mass is 232 g/mol.